The third-order valence-corrected chi connectivity index (χ3v) is 5.74. The van der Waals surface area contributed by atoms with E-state index in [0.717, 1.165) is 33.7 Å². The lowest BCUT2D eigenvalue weighted by Crippen LogP contribution is -2.52. The van der Waals surface area contributed by atoms with Gasteiger partial charge in [-0.3, -0.25) is 14.6 Å². The third-order valence-electron chi connectivity index (χ3n) is 5.74. The summed E-state index contributed by atoms with van der Waals surface area (Å²) in [4.78, 5) is 38.8. The molecule has 4 rings (SSSR count). The monoisotopic (exact) mass is 513 g/mol. The number of hydrazine groups is 1. The molecule has 0 radical (unpaired) electrons. The molecular formula is C22H20F5N5O4. The summed E-state index contributed by atoms with van der Waals surface area (Å²) in [7, 11) is 0. The van der Waals surface area contributed by atoms with E-state index in [9.17, 15) is 36.3 Å². The van der Waals surface area contributed by atoms with E-state index < -0.39 is 73.2 Å². The van der Waals surface area contributed by atoms with Crippen LogP contribution in [0, 0.1) is 5.82 Å². The Morgan fingerprint density at radius 3 is 2.53 bits per heavy atom. The SMILES string of the molecule is NC(=O)N1Cc2ccccc2N1CC(=O)N1C[C@H](F)C[C@H]1C(=O)Nc1cccc(OC(F)(F)F)c1F. The number of benzene rings is 2. The predicted molar refractivity (Wildman–Crippen MR) is 116 cm³/mol. The van der Waals surface area contributed by atoms with Gasteiger partial charge >= 0.3 is 12.4 Å². The Morgan fingerprint density at radius 2 is 1.83 bits per heavy atom. The largest absolute Gasteiger partial charge is 0.573 e. The molecule has 0 aromatic heterocycles. The van der Waals surface area contributed by atoms with Crippen molar-refractivity contribution in [3.63, 3.8) is 0 Å². The van der Waals surface area contributed by atoms with Crippen LogP contribution >= 0.6 is 0 Å². The number of nitrogens with one attached hydrogen (secondary N) is 1. The van der Waals surface area contributed by atoms with E-state index in [0.29, 0.717) is 5.69 Å². The van der Waals surface area contributed by atoms with Crippen LogP contribution in [0.2, 0.25) is 0 Å². The number of primary amides is 1. The number of carbonyl (C=O) groups excluding carboxylic acids is 3. The molecule has 1 saturated heterocycles. The van der Waals surface area contributed by atoms with Crippen LogP contribution in [0.15, 0.2) is 42.5 Å². The van der Waals surface area contributed by atoms with Crippen molar-refractivity contribution in [3.05, 3.63) is 53.8 Å². The maximum Gasteiger partial charge on any atom is 0.573 e. The van der Waals surface area contributed by atoms with Crippen LogP contribution in [0.3, 0.4) is 0 Å². The highest BCUT2D eigenvalue weighted by Crippen LogP contribution is 2.33. The highest BCUT2D eigenvalue weighted by atomic mass is 19.4. The first-order valence-corrected chi connectivity index (χ1v) is 10.7. The predicted octanol–water partition coefficient (Wildman–Crippen LogP) is 2.92. The lowest BCUT2D eigenvalue weighted by molar-refractivity contribution is -0.275. The Kier molecular flexibility index (Phi) is 6.61. The molecule has 2 aliphatic heterocycles. The van der Waals surface area contributed by atoms with Crippen LogP contribution in [0.1, 0.15) is 12.0 Å². The van der Waals surface area contributed by atoms with E-state index in [4.69, 9.17) is 5.73 Å². The van der Waals surface area contributed by atoms with E-state index >= 15 is 0 Å². The molecule has 9 nitrogen and oxygen atoms in total. The summed E-state index contributed by atoms with van der Waals surface area (Å²) in [6.07, 6.45) is -7.15. The topological polar surface area (TPSA) is 108 Å². The molecule has 0 unspecified atom stereocenters. The van der Waals surface area contributed by atoms with Crippen LogP contribution in [-0.2, 0) is 16.1 Å². The molecule has 3 N–H and O–H groups in total. The average Bonchev–Trinajstić information content (AvgIpc) is 3.37. The first kappa shape index (κ1) is 25.0. The fourth-order valence-corrected chi connectivity index (χ4v) is 4.20. The molecule has 2 heterocycles. The standard InChI is InChI=1S/C22H20F5N5O4/c23-13-8-16(20(34)29-14-5-3-7-17(19(14)24)36-22(25,26)27)30(10-13)18(33)11-31-15-6-2-1-4-12(15)9-32(31)21(28)35/h1-7,13,16H,8-11H2,(H2,28,35)(H,29,34)/t13-,16+/m1/s1. The maximum atomic E-state index is 14.5. The number of carbonyl (C=O) groups is 3. The van der Waals surface area contributed by atoms with Crippen molar-refractivity contribution >= 4 is 29.2 Å². The van der Waals surface area contributed by atoms with E-state index in [1.54, 1.807) is 24.3 Å². The molecule has 2 aromatic carbocycles. The smallest absolute Gasteiger partial charge is 0.403 e. The molecule has 2 atom stereocenters. The Balaban J connectivity index is 1.51. The summed E-state index contributed by atoms with van der Waals surface area (Å²) < 4.78 is 69.8. The van der Waals surface area contributed by atoms with Crippen molar-refractivity contribution in [2.45, 2.75) is 31.5 Å². The summed E-state index contributed by atoms with van der Waals surface area (Å²) in [6.45, 7) is -0.771. The van der Waals surface area contributed by atoms with Gasteiger partial charge in [-0.1, -0.05) is 24.3 Å². The lowest BCUT2D eigenvalue weighted by atomic mass is 10.1. The summed E-state index contributed by atoms with van der Waals surface area (Å²) in [5.74, 6) is -4.36. The number of halogens is 5. The highest BCUT2D eigenvalue weighted by molar-refractivity contribution is 5.98. The number of hydrogen-bond donors (Lipinski definition) is 2. The van der Waals surface area contributed by atoms with E-state index in [-0.39, 0.29) is 6.54 Å². The highest BCUT2D eigenvalue weighted by Gasteiger charge is 2.42. The Bertz CT molecular complexity index is 1190. The minimum atomic E-state index is -5.16. The van der Waals surface area contributed by atoms with Crippen LogP contribution in [0.25, 0.3) is 0 Å². The van der Waals surface area contributed by atoms with E-state index in [2.05, 4.69) is 10.1 Å². The zero-order valence-electron chi connectivity index (χ0n) is 18.5. The molecule has 0 bridgehead atoms. The Hall–Kier alpha value is -4.10. The number of alkyl halides is 4. The molecule has 0 spiro atoms. The number of amides is 4. The van der Waals surface area contributed by atoms with Gasteiger partial charge in [-0.2, -0.15) is 0 Å². The number of urea groups is 1. The number of nitrogens with two attached hydrogens (primary N) is 1. The van der Waals surface area contributed by atoms with Gasteiger partial charge in [0.15, 0.2) is 11.6 Å². The second kappa shape index (κ2) is 9.51. The zero-order chi connectivity index (χ0) is 26.2. The second-order valence-electron chi connectivity index (χ2n) is 8.13. The fraction of sp³-hybridized carbons (Fsp3) is 0.318. The molecule has 192 valence electrons. The summed E-state index contributed by atoms with van der Waals surface area (Å²) in [5, 5.41) is 4.54. The van der Waals surface area contributed by atoms with Crippen molar-refractivity contribution in [3.8, 4) is 5.75 Å². The number of likely N-dealkylation sites (tertiary alicyclic amines) is 1. The number of anilines is 2. The van der Waals surface area contributed by atoms with Gasteiger partial charge in [-0.05, 0) is 23.8 Å². The number of nitrogens with zero attached hydrogens (tertiary/aromatic N) is 3. The van der Waals surface area contributed by atoms with Crippen LogP contribution in [0.5, 0.6) is 5.75 Å². The minimum absolute atomic E-state index is 0.115. The van der Waals surface area contributed by atoms with Crippen molar-refractivity contribution in [1.82, 2.24) is 9.91 Å². The van der Waals surface area contributed by atoms with Crippen LogP contribution in [-0.4, -0.2) is 59.4 Å². The maximum absolute atomic E-state index is 14.5. The van der Waals surface area contributed by atoms with Crippen LogP contribution in [0.4, 0.5) is 38.1 Å². The molecule has 0 saturated carbocycles. The Labute approximate surface area is 201 Å². The number of ether oxygens (including phenoxy) is 1. The van der Waals surface area contributed by atoms with Gasteiger partial charge < -0.3 is 20.7 Å². The third kappa shape index (κ3) is 5.11. The molecule has 4 amide bonds. The minimum Gasteiger partial charge on any atom is -0.403 e. The summed E-state index contributed by atoms with van der Waals surface area (Å²) >= 11 is 0. The van der Waals surface area contributed by atoms with Crippen molar-refractivity contribution in [1.29, 1.82) is 0 Å². The molecule has 36 heavy (non-hydrogen) atoms. The molecule has 2 aromatic rings. The lowest BCUT2D eigenvalue weighted by Gasteiger charge is -2.31. The van der Waals surface area contributed by atoms with Gasteiger partial charge in [-0.15, -0.1) is 13.2 Å². The zero-order valence-corrected chi connectivity index (χ0v) is 18.5. The Morgan fingerprint density at radius 1 is 1.11 bits per heavy atom. The molecule has 1 fully saturated rings. The van der Waals surface area contributed by atoms with Gasteiger partial charge in [0.25, 0.3) is 0 Å². The van der Waals surface area contributed by atoms with Crippen molar-refractivity contribution in [2.24, 2.45) is 5.73 Å². The number of fused-ring (bicyclic) bond motifs is 1. The molecule has 2 aliphatic rings. The van der Waals surface area contributed by atoms with Crippen molar-refractivity contribution in [2.75, 3.05) is 23.4 Å². The molecule has 0 aliphatic carbocycles. The quantitative estimate of drug-likeness (QED) is 0.598. The van der Waals surface area contributed by atoms with Crippen molar-refractivity contribution < 1.29 is 41.1 Å². The van der Waals surface area contributed by atoms with Crippen LogP contribution < -0.4 is 20.8 Å². The van der Waals surface area contributed by atoms with Gasteiger partial charge in [0.1, 0.15) is 18.8 Å². The molecular weight excluding hydrogens is 493 g/mol. The summed E-state index contributed by atoms with van der Waals surface area (Å²) in [5.41, 5.74) is 6.05. The first-order chi connectivity index (χ1) is 16.9. The number of rotatable bonds is 5. The fourth-order valence-electron chi connectivity index (χ4n) is 4.20. The second-order valence-corrected chi connectivity index (χ2v) is 8.13. The van der Waals surface area contributed by atoms with Gasteiger partial charge in [-0.25, -0.2) is 18.6 Å². The number of hydrogen-bond acceptors (Lipinski definition) is 5. The normalized spacial score (nSPS) is 19.3. The van der Waals surface area contributed by atoms with Gasteiger partial charge in [0, 0.05) is 6.42 Å². The van der Waals surface area contributed by atoms with E-state index in [1.807, 2.05) is 0 Å². The average molecular weight is 513 g/mol. The molecule has 14 heteroatoms. The first-order valence-electron chi connectivity index (χ1n) is 10.7. The number of para-hydroxylation sites is 1. The van der Waals surface area contributed by atoms with Gasteiger partial charge in [0.05, 0.1) is 24.5 Å². The van der Waals surface area contributed by atoms with E-state index in [1.165, 1.54) is 5.01 Å². The summed E-state index contributed by atoms with van der Waals surface area (Å²) in [6, 6.07) is 7.38. The van der Waals surface area contributed by atoms with Gasteiger partial charge in [0.2, 0.25) is 11.8 Å².